The van der Waals surface area contributed by atoms with Crippen LogP contribution in [0.25, 0.3) is 0 Å². The van der Waals surface area contributed by atoms with Gasteiger partial charge in [-0.2, -0.15) is 5.10 Å². The summed E-state index contributed by atoms with van der Waals surface area (Å²) in [5, 5.41) is 16.3. The zero-order chi connectivity index (χ0) is 16.9. The summed E-state index contributed by atoms with van der Waals surface area (Å²) in [5.74, 6) is 0.492. The SMILES string of the molecule is CC(C)c1nnc(C(=O)Nc2ccn(CCc3ccncc3)n2)s1. The van der Waals surface area contributed by atoms with Gasteiger partial charge in [-0.05, 0) is 24.1 Å². The molecule has 0 atom stereocenters. The lowest BCUT2D eigenvalue weighted by atomic mass is 10.2. The Morgan fingerprint density at radius 2 is 2.04 bits per heavy atom. The highest BCUT2D eigenvalue weighted by atomic mass is 32.1. The zero-order valence-corrected chi connectivity index (χ0v) is 14.3. The smallest absolute Gasteiger partial charge is 0.287 e. The Hall–Kier alpha value is -2.61. The van der Waals surface area contributed by atoms with E-state index in [1.807, 2.05) is 32.2 Å². The van der Waals surface area contributed by atoms with Gasteiger partial charge in [0.25, 0.3) is 5.91 Å². The number of anilines is 1. The van der Waals surface area contributed by atoms with Crippen molar-refractivity contribution in [3.8, 4) is 0 Å². The molecule has 8 heteroatoms. The molecule has 3 aromatic heterocycles. The molecule has 3 rings (SSSR count). The van der Waals surface area contributed by atoms with Crippen LogP contribution < -0.4 is 5.32 Å². The molecule has 1 amide bonds. The molecule has 7 nitrogen and oxygen atoms in total. The highest BCUT2D eigenvalue weighted by Crippen LogP contribution is 2.19. The van der Waals surface area contributed by atoms with Crippen LogP contribution in [0, 0.1) is 0 Å². The predicted octanol–water partition coefficient (Wildman–Crippen LogP) is 2.75. The summed E-state index contributed by atoms with van der Waals surface area (Å²) in [6.07, 6.45) is 6.25. The fourth-order valence-electron chi connectivity index (χ4n) is 2.08. The molecule has 0 saturated carbocycles. The van der Waals surface area contributed by atoms with Crippen molar-refractivity contribution in [3.05, 3.63) is 52.4 Å². The highest BCUT2D eigenvalue weighted by molar-refractivity contribution is 7.13. The molecular weight excluding hydrogens is 324 g/mol. The van der Waals surface area contributed by atoms with Crippen LogP contribution in [0.2, 0.25) is 0 Å². The lowest BCUT2D eigenvalue weighted by Gasteiger charge is -2.02. The molecule has 1 N–H and O–H groups in total. The topological polar surface area (TPSA) is 85.6 Å². The fraction of sp³-hybridized carbons (Fsp3) is 0.312. The van der Waals surface area contributed by atoms with E-state index in [0.717, 1.165) is 18.0 Å². The van der Waals surface area contributed by atoms with E-state index in [1.54, 1.807) is 23.1 Å². The van der Waals surface area contributed by atoms with E-state index in [1.165, 1.54) is 16.9 Å². The Morgan fingerprint density at radius 1 is 1.25 bits per heavy atom. The van der Waals surface area contributed by atoms with Gasteiger partial charge in [-0.15, -0.1) is 10.2 Å². The van der Waals surface area contributed by atoms with Crippen molar-refractivity contribution in [2.75, 3.05) is 5.32 Å². The predicted molar refractivity (Wildman–Crippen MR) is 92.1 cm³/mol. The summed E-state index contributed by atoms with van der Waals surface area (Å²) in [6.45, 7) is 4.77. The third-order valence-electron chi connectivity index (χ3n) is 3.39. The third kappa shape index (κ3) is 4.02. The van der Waals surface area contributed by atoms with Crippen LogP contribution >= 0.6 is 11.3 Å². The summed E-state index contributed by atoms with van der Waals surface area (Å²) in [7, 11) is 0. The minimum Gasteiger partial charge on any atom is -0.303 e. The van der Waals surface area contributed by atoms with Crippen LogP contribution in [-0.2, 0) is 13.0 Å². The molecule has 0 spiro atoms. The summed E-state index contributed by atoms with van der Waals surface area (Å²) in [6, 6.07) is 5.73. The second kappa shape index (κ2) is 7.31. The maximum absolute atomic E-state index is 12.2. The monoisotopic (exact) mass is 342 g/mol. The number of hydrogen-bond donors (Lipinski definition) is 1. The van der Waals surface area contributed by atoms with E-state index in [0.29, 0.717) is 10.8 Å². The molecule has 124 valence electrons. The molecule has 24 heavy (non-hydrogen) atoms. The highest BCUT2D eigenvalue weighted by Gasteiger charge is 2.15. The van der Waals surface area contributed by atoms with Crippen molar-refractivity contribution < 1.29 is 4.79 Å². The number of nitrogens with zero attached hydrogens (tertiary/aromatic N) is 5. The van der Waals surface area contributed by atoms with E-state index in [-0.39, 0.29) is 11.8 Å². The first-order chi connectivity index (χ1) is 11.6. The van der Waals surface area contributed by atoms with Gasteiger partial charge in [-0.3, -0.25) is 14.5 Å². The molecule has 3 heterocycles. The largest absolute Gasteiger partial charge is 0.303 e. The first kappa shape index (κ1) is 16.3. The normalized spacial score (nSPS) is 11.0. The number of aromatic nitrogens is 5. The van der Waals surface area contributed by atoms with Crippen molar-refractivity contribution in [1.82, 2.24) is 25.0 Å². The second-order valence-corrected chi connectivity index (χ2v) is 6.63. The van der Waals surface area contributed by atoms with E-state index < -0.39 is 0 Å². The van der Waals surface area contributed by atoms with Crippen molar-refractivity contribution in [3.63, 3.8) is 0 Å². The number of nitrogens with one attached hydrogen (secondary N) is 1. The van der Waals surface area contributed by atoms with E-state index in [4.69, 9.17) is 0 Å². The average Bonchev–Trinajstić information content (AvgIpc) is 3.23. The van der Waals surface area contributed by atoms with Crippen molar-refractivity contribution in [2.24, 2.45) is 0 Å². The molecule has 0 bridgehead atoms. The number of aryl methyl sites for hydroxylation is 2. The zero-order valence-electron chi connectivity index (χ0n) is 13.5. The van der Waals surface area contributed by atoms with E-state index >= 15 is 0 Å². The molecule has 0 aliphatic rings. The summed E-state index contributed by atoms with van der Waals surface area (Å²) >= 11 is 1.31. The number of pyridine rings is 1. The lowest BCUT2D eigenvalue weighted by molar-refractivity contribution is 0.102. The van der Waals surface area contributed by atoms with Gasteiger partial charge in [-0.1, -0.05) is 25.2 Å². The van der Waals surface area contributed by atoms with Crippen molar-refractivity contribution in [1.29, 1.82) is 0 Å². The van der Waals surface area contributed by atoms with Gasteiger partial charge in [0.2, 0.25) is 5.01 Å². The molecular formula is C16H18N6OS. The second-order valence-electron chi connectivity index (χ2n) is 5.62. The average molecular weight is 342 g/mol. The molecule has 0 aromatic carbocycles. The maximum atomic E-state index is 12.2. The van der Waals surface area contributed by atoms with Crippen LogP contribution in [0.5, 0.6) is 0 Å². The quantitative estimate of drug-likeness (QED) is 0.744. The first-order valence-corrected chi connectivity index (χ1v) is 8.50. The number of carbonyl (C=O) groups excluding carboxylic acids is 1. The first-order valence-electron chi connectivity index (χ1n) is 7.69. The Bertz CT molecular complexity index is 811. The Kier molecular flexibility index (Phi) is 4.95. The molecule has 0 aliphatic heterocycles. The van der Waals surface area contributed by atoms with Gasteiger partial charge in [0.15, 0.2) is 5.82 Å². The lowest BCUT2D eigenvalue weighted by Crippen LogP contribution is -2.12. The molecule has 0 unspecified atom stereocenters. The summed E-state index contributed by atoms with van der Waals surface area (Å²) < 4.78 is 1.80. The Labute approximate surface area is 143 Å². The van der Waals surface area contributed by atoms with Gasteiger partial charge in [-0.25, -0.2) is 0 Å². The summed E-state index contributed by atoms with van der Waals surface area (Å²) in [5.41, 5.74) is 1.20. The molecule has 0 aliphatic carbocycles. The van der Waals surface area contributed by atoms with E-state index in [2.05, 4.69) is 25.6 Å². The minimum absolute atomic E-state index is 0.261. The van der Waals surface area contributed by atoms with Crippen molar-refractivity contribution >= 4 is 23.1 Å². The van der Waals surface area contributed by atoms with Crippen molar-refractivity contribution in [2.45, 2.75) is 32.7 Å². The van der Waals surface area contributed by atoms with Gasteiger partial charge >= 0.3 is 0 Å². The molecule has 0 fully saturated rings. The standard InChI is InChI=1S/C16H18N6OS/c1-11(2)15-19-20-16(24-15)14(23)18-13-6-10-22(21-13)9-5-12-3-7-17-8-4-12/h3-4,6-8,10-11H,5,9H2,1-2H3,(H,18,21,23). The van der Waals surface area contributed by atoms with Crippen LogP contribution in [-0.4, -0.2) is 30.9 Å². The molecule has 0 radical (unpaired) electrons. The van der Waals surface area contributed by atoms with Crippen LogP contribution in [0.1, 0.15) is 40.1 Å². The number of amides is 1. The number of carbonyl (C=O) groups is 1. The third-order valence-corrected chi connectivity index (χ3v) is 4.61. The molecule has 3 aromatic rings. The van der Waals surface area contributed by atoms with Crippen LogP contribution in [0.15, 0.2) is 36.8 Å². The Balaban J connectivity index is 1.58. The van der Waals surface area contributed by atoms with Gasteiger partial charge < -0.3 is 5.32 Å². The Morgan fingerprint density at radius 3 is 2.75 bits per heavy atom. The van der Waals surface area contributed by atoms with Gasteiger partial charge in [0.1, 0.15) is 5.01 Å². The van der Waals surface area contributed by atoms with Gasteiger partial charge in [0.05, 0.1) is 0 Å². The minimum atomic E-state index is -0.279. The van der Waals surface area contributed by atoms with E-state index in [9.17, 15) is 4.79 Å². The van der Waals surface area contributed by atoms with Crippen LogP contribution in [0.4, 0.5) is 5.82 Å². The summed E-state index contributed by atoms with van der Waals surface area (Å²) in [4.78, 5) is 16.2. The molecule has 0 saturated heterocycles. The number of rotatable bonds is 6. The maximum Gasteiger partial charge on any atom is 0.287 e. The van der Waals surface area contributed by atoms with Crippen LogP contribution in [0.3, 0.4) is 0 Å². The fourth-order valence-corrected chi connectivity index (χ4v) is 2.82. The van der Waals surface area contributed by atoms with Gasteiger partial charge in [0, 0.05) is 37.1 Å². The number of hydrogen-bond acceptors (Lipinski definition) is 6.